The maximum absolute atomic E-state index is 4.31. The average Bonchev–Trinajstić information content (AvgIpc) is 3.02. The van der Waals surface area contributed by atoms with Gasteiger partial charge in [-0.05, 0) is 24.3 Å². The number of hydrogen-bond acceptors (Lipinski definition) is 1. The summed E-state index contributed by atoms with van der Waals surface area (Å²) in [5.74, 6) is 0.885. The molecule has 0 saturated heterocycles. The van der Waals surface area contributed by atoms with Crippen LogP contribution in [0.3, 0.4) is 0 Å². The third-order valence-corrected chi connectivity index (χ3v) is 3.12. The van der Waals surface area contributed by atoms with Crippen LogP contribution in [-0.2, 0) is 20.1 Å². The molecule has 20 heavy (non-hydrogen) atoms. The lowest BCUT2D eigenvalue weighted by atomic mass is 10.4. The highest BCUT2D eigenvalue weighted by Crippen LogP contribution is 2.02. The van der Waals surface area contributed by atoms with Crippen molar-refractivity contribution in [2.75, 3.05) is 14.1 Å². The van der Waals surface area contributed by atoms with Gasteiger partial charge in [0.2, 0.25) is 0 Å². The topological polar surface area (TPSA) is 48.4 Å². The van der Waals surface area contributed by atoms with Gasteiger partial charge < -0.3 is 19.8 Å². The first-order valence-electron chi connectivity index (χ1n) is 6.35. The van der Waals surface area contributed by atoms with Crippen LogP contribution in [0.25, 0.3) is 0 Å². The van der Waals surface area contributed by atoms with Crippen molar-refractivity contribution in [3.05, 3.63) is 48.0 Å². The van der Waals surface area contributed by atoms with Crippen LogP contribution in [-0.4, -0.2) is 34.5 Å². The number of H-pyrrole nitrogens is 1. The molecule has 0 fully saturated rings. The van der Waals surface area contributed by atoms with Crippen LogP contribution < -0.4 is 5.32 Å². The molecule has 110 valence electrons. The summed E-state index contributed by atoms with van der Waals surface area (Å²) < 4.78 is 2.10. The SMILES string of the molecule is CN=C(NCc1cccn1C)N(C)Cc1ccc[nH]1.I. The van der Waals surface area contributed by atoms with Gasteiger partial charge in [0.05, 0.1) is 13.1 Å². The molecule has 0 aliphatic heterocycles. The van der Waals surface area contributed by atoms with Gasteiger partial charge in [-0.1, -0.05) is 0 Å². The van der Waals surface area contributed by atoms with E-state index in [0.29, 0.717) is 0 Å². The molecule has 0 radical (unpaired) electrons. The van der Waals surface area contributed by atoms with Crippen LogP contribution in [0.5, 0.6) is 0 Å². The van der Waals surface area contributed by atoms with Gasteiger partial charge in [-0.2, -0.15) is 0 Å². The standard InChI is InChI=1S/C14H21N5.HI/c1-15-14(17-10-13-7-5-9-18(13)2)19(3)11-12-6-4-8-16-12;/h4-9,16H,10-11H2,1-3H3,(H,15,17);1H. The third-order valence-electron chi connectivity index (χ3n) is 3.12. The van der Waals surface area contributed by atoms with Gasteiger partial charge in [-0.15, -0.1) is 24.0 Å². The summed E-state index contributed by atoms with van der Waals surface area (Å²) in [5, 5.41) is 3.37. The molecule has 0 amide bonds. The molecule has 0 aliphatic rings. The van der Waals surface area contributed by atoms with E-state index < -0.39 is 0 Å². The normalized spacial score (nSPS) is 11.1. The maximum Gasteiger partial charge on any atom is 0.194 e. The Hall–Kier alpha value is -1.44. The smallest absolute Gasteiger partial charge is 0.194 e. The van der Waals surface area contributed by atoms with E-state index in [9.17, 15) is 0 Å². The quantitative estimate of drug-likeness (QED) is 0.480. The molecule has 2 aromatic heterocycles. The maximum atomic E-state index is 4.31. The molecule has 0 unspecified atom stereocenters. The number of guanidine groups is 1. The monoisotopic (exact) mass is 387 g/mol. The number of aryl methyl sites for hydroxylation is 1. The van der Waals surface area contributed by atoms with Crippen molar-refractivity contribution >= 4 is 29.9 Å². The van der Waals surface area contributed by atoms with Crippen LogP contribution in [0.4, 0.5) is 0 Å². The molecule has 2 rings (SSSR count). The largest absolute Gasteiger partial charge is 0.364 e. The van der Waals surface area contributed by atoms with Crippen LogP contribution >= 0.6 is 24.0 Å². The summed E-state index contributed by atoms with van der Waals surface area (Å²) in [4.78, 5) is 9.60. The van der Waals surface area contributed by atoms with Gasteiger partial charge in [0.1, 0.15) is 0 Å². The second kappa shape index (κ2) is 7.98. The molecule has 0 bridgehead atoms. The highest BCUT2D eigenvalue weighted by Gasteiger charge is 2.07. The zero-order chi connectivity index (χ0) is 13.7. The number of rotatable bonds is 4. The summed E-state index contributed by atoms with van der Waals surface area (Å²) in [7, 11) is 5.88. The van der Waals surface area contributed by atoms with Crippen molar-refractivity contribution < 1.29 is 0 Å². The van der Waals surface area contributed by atoms with E-state index >= 15 is 0 Å². The minimum absolute atomic E-state index is 0. The fourth-order valence-corrected chi connectivity index (χ4v) is 2.03. The second-order valence-corrected chi connectivity index (χ2v) is 4.56. The predicted molar refractivity (Wildman–Crippen MR) is 93.3 cm³/mol. The van der Waals surface area contributed by atoms with E-state index in [0.717, 1.165) is 19.0 Å². The van der Waals surface area contributed by atoms with E-state index in [-0.39, 0.29) is 24.0 Å². The van der Waals surface area contributed by atoms with Gasteiger partial charge in [-0.3, -0.25) is 4.99 Å². The Morgan fingerprint density at radius 1 is 1.40 bits per heavy atom. The van der Waals surface area contributed by atoms with Crippen molar-refractivity contribution in [1.29, 1.82) is 0 Å². The average molecular weight is 387 g/mol. The Bertz CT molecular complexity index is 530. The lowest BCUT2D eigenvalue weighted by Crippen LogP contribution is -2.38. The molecular formula is C14H22IN5. The summed E-state index contributed by atoms with van der Waals surface area (Å²) in [6.45, 7) is 1.57. The first-order valence-corrected chi connectivity index (χ1v) is 6.35. The Morgan fingerprint density at radius 3 is 2.75 bits per heavy atom. The molecule has 2 N–H and O–H groups in total. The fourth-order valence-electron chi connectivity index (χ4n) is 2.03. The molecule has 5 nitrogen and oxygen atoms in total. The van der Waals surface area contributed by atoms with Crippen molar-refractivity contribution in [3.8, 4) is 0 Å². The van der Waals surface area contributed by atoms with Crippen LogP contribution in [0.2, 0.25) is 0 Å². The molecule has 0 aromatic carbocycles. The van der Waals surface area contributed by atoms with Crippen molar-refractivity contribution in [1.82, 2.24) is 19.8 Å². The molecular weight excluding hydrogens is 365 g/mol. The minimum Gasteiger partial charge on any atom is -0.364 e. The van der Waals surface area contributed by atoms with E-state index in [1.807, 2.05) is 38.6 Å². The Kier molecular flexibility index (Phi) is 6.63. The Labute approximate surface area is 137 Å². The highest BCUT2D eigenvalue weighted by atomic mass is 127. The fraction of sp³-hybridized carbons (Fsp3) is 0.357. The molecule has 0 atom stereocenters. The lowest BCUT2D eigenvalue weighted by Gasteiger charge is -2.21. The lowest BCUT2D eigenvalue weighted by molar-refractivity contribution is 0.469. The predicted octanol–water partition coefficient (Wildman–Crippen LogP) is 2.18. The van der Waals surface area contributed by atoms with Gasteiger partial charge in [-0.25, -0.2) is 0 Å². The molecule has 2 heterocycles. The van der Waals surface area contributed by atoms with Crippen molar-refractivity contribution in [2.24, 2.45) is 12.0 Å². The van der Waals surface area contributed by atoms with Gasteiger partial charge in [0.15, 0.2) is 5.96 Å². The number of aromatic amines is 1. The molecule has 2 aromatic rings. The van der Waals surface area contributed by atoms with Crippen molar-refractivity contribution in [2.45, 2.75) is 13.1 Å². The van der Waals surface area contributed by atoms with E-state index in [1.165, 1.54) is 11.4 Å². The molecule has 0 saturated carbocycles. The van der Waals surface area contributed by atoms with E-state index in [2.05, 4.69) is 36.9 Å². The second-order valence-electron chi connectivity index (χ2n) is 4.56. The number of aromatic nitrogens is 2. The van der Waals surface area contributed by atoms with Crippen LogP contribution in [0.1, 0.15) is 11.4 Å². The first-order chi connectivity index (χ1) is 9.20. The summed E-state index contributed by atoms with van der Waals surface area (Å²) in [5.41, 5.74) is 2.40. The zero-order valence-corrected chi connectivity index (χ0v) is 14.5. The summed E-state index contributed by atoms with van der Waals surface area (Å²) >= 11 is 0. The van der Waals surface area contributed by atoms with E-state index in [1.54, 1.807) is 7.05 Å². The van der Waals surface area contributed by atoms with Crippen molar-refractivity contribution in [3.63, 3.8) is 0 Å². The Balaban J connectivity index is 0.00000200. The number of hydrogen-bond donors (Lipinski definition) is 2. The van der Waals surface area contributed by atoms with Crippen LogP contribution in [0.15, 0.2) is 41.7 Å². The third kappa shape index (κ3) is 4.29. The van der Waals surface area contributed by atoms with Gasteiger partial charge in [0, 0.05) is 44.9 Å². The molecule has 0 spiro atoms. The number of aliphatic imine (C=N–C) groups is 1. The minimum atomic E-state index is 0. The van der Waals surface area contributed by atoms with Gasteiger partial charge >= 0.3 is 0 Å². The summed E-state index contributed by atoms with van der Waals surface area (Å²) in [6, 6.07) is 8.22. The number of nitrogens with one attached hydrogen (secondary N) is 2. The zero-order valence-electron chi connectivity index (χ0n) is 12.1. The first kappa shape index (κ1) is 16.6. The highest BCUT2D eigenvalue weighted by molar-refractivity contribution is 14.0. The summed E-state index contributed by atoms with van der Waals surface area (Å²) in [6.07, 6.45) is 3.98. The molecule has 6 heteroatoms. The molecule has 0 aliphatic carbocycles. The number of halogens is 1. The number of nitrogens with zero attached hydrogens (tertiary/aromatic N) is 3. The van der Waals surface area contributed by atoms with E-state index in [4.69, 9.17) is 0 Å². The van der Waals surface area contributed by atoms with Gasteiger partial charge in [0.25, 0.3) is 0 Å². The van der Waals surface area contributed by atoms with Crippen LogP contribution in [0, 0.1) is 0 Å². The Morgan fingerprint density at radius 2 is 2.20 bits per heavy atom.